The number of nitriles is 2. The highest BCUT2D eigenvalue weighted by atomic mass is 79.9. The van der Waals surface area contributed by atoms with Crippen molar-refractivity contribution in [3.8, 4) is 12.1 Å². The maximum atomic E-state index is 12.1. The minimum absolute atomic E-state index is 0. The lowest BCUT2D eigenvalue weighted by molar-refractivity contribution is -0.689. The molecule has 2 aromatic carbocycles. The van der Waals surface area contributed by atoms with Gasteiger partial charge in [0.25, 0.3) is 0 Å². The van der Waals surface area contributed by atoms with Crippen LogP contribution in [0.25, 0.3) is 0 Å². The number of aryl methyl sites for hydroxylation is 1. The summed E-state index contributed by atoms with van der Waals surface area (Å²) in [6.07, 6.45) is 1.89. The molecule has 158 valence electrons. The monoisotopic (exact) mass is 477 g/mol. The molecule has 5 nitrogen and oxygen atoms in total. The lowest BCUT2D eigenvalue weighted by Gasteiger charge is -2.00. The predicted octanol–water partition coefficient (Wildman–Crippen LogP) is 1.44. The molecule has 0 spiro atoms. The second kappa shape index (κ2) is 13.6. The van der Waals surface area contributed by atoms with E-state index in [0.29, 0.717) is 28.8 Å². The first-order valence-corrected chi connectivity index (χ1v) is 8.94. The Labute approximate surface area is 194 Å². The van der Waals surface area contributed by atoms with Gasteiger partial charge < -0.3 is 17.0 Å². The van der Waals surface area contributed by atoms with Gasteiger partial charge in [0.1, 0.15) is 0 Å². The Morgan fingerprint density at radius 2 is 1.32 bits per heavy atom. The van der Waals surface area contributed by atoms with E-state index >= 15 is 0 Å². The van der Waals surface area contributed by atoms with Crippen molar-refractivity contribution in [2.75, 3.05) is 0 Å². The lowest BCUT2D eigenvalue weighted by atomic mass is 10.1. The Morgan fingerprint density at radius 3 is 1.74 bits per heavy atom. The molecule has 0 aliphatic heterocycles. The van der Waals surface area contributed by atoms with E-state index in [0.717, 1.165) is 5.69 Å². The van der Waals surface area contributed by atoms with Crippen molar-refractivity contribution in [2.45, 2.75) is 27.8 Å². The smallest absolute Gasteiger partial charge is 0.227 e. The molecule has 1 aromatic heterocycles. The van der Waals surface area contributed by atoms with Gasteiger partial charge in [0.05, 0.1) is 23.3 Å². The molecule has 0 amide bonds. The van der Waals surface area contributed by atoms with Crippen LogP contribution in [0.1, 0.15) is 51.9 Å². The van der Waals surface area contributed by atoms with Gasteiger partial charge in [0.15, 0.2) is 17.7 Å². The van der Waals surface area contributed by atoms with E-state index in [4.69, 9.17) is 10.5 Å². The molecule has 3 rings (SSSR count). The minimum Gasteiger partial charge on any atom is -1.00 e. The van der Waals surface area contributed by atoms with Gasteiger partial charge in [-0.3, -0.25) is 9.59 Å². The highest BCUT2D eigenvalue weighted by molar-refractivity contribution is 5.95. The summed E-state index contributed by atoms with van der Waals surface area (Å²) in [6.45, 7) is 3.78. The number of benzene rings is 2. The van der Waals surface area contributed by atoms with Crippen LogP contribution in [0.15, 0.2) is 72.9 Å². The first kappa shape index (κ1) is 27.4. The molecule has 0 saturated carbocycles. The molecule has 1 heterocycles. The molecule has 0 N–H and O–H groups in total. The zero-order chi connectivity index (χ0) is 21.2. The topological polar surface area (TPSA) is 85.6 Å². The van der Waals surface area contributed by atoms with Gasteiger partial charge in [-0.1, -0.05) is 25.6 Å². The predicted molar refractivity (Wildman–Crippen MR) is 115 cm³/mol. The molecule has 0 radical (unpaired) electrons. The van der Waals surface area contributed by atoms with Crippen LogP contribution >= 0.6 is 0 Å². The van der Waals surface area contributed by atoms with Crippen LogP contribution in [-0.4, -0.2) is 11.6 Å². The quantitative estimate of drug-likeness (QED) is 0.420. The van der Waals surface area contributed by atoms with Crippen LogP contribution in [0.3, 0.4) is 0 Å². The number of carbonyl (C=O) groups excluding carboxylic acids is 2. The maximum Gasteiger partial charge on any atom is 0.227 e. The number of hydrogen-bond donors (Lipinski definition) is 0. The standard InChI is InChI=1S/C15H13N2O.C9H7NO.CH4.BrH/c1-12-4-2-3-9-17(12)11-15(18)14-7-5-13(10-16)6-8-14;1-7(11)9-4-2-8(6-10)3-5-9;;/h2-9H,11H2,1H3;2-5H,1H3;1H4;1H/q+1;;;/p-1. The number of hydrogen-bond acceptors (Lipinski definition) is 4. The van der Waals surface area contributed by atoms with Crippen molar-refractivity contribution in [3.63, 3.8) is 0 Å². The summed E-state index contributed by atoms with van der Waals surface area (Å²) in [5.41, 5.74) is 3.46. The number of carbonyl (C=O) groups is 2. The van der Waals surface area contributed by atoms with Crippen LogP contribution in [0.5, 0.6) is 0 Å². The maximum absolute atomic E-state index is 12.1. The average molecular weight is 478 g/mol. The van der Waals surface area contributed by atoms with Crippen molar-refractivity contribution >= 4 is 11.6 Å². The van der Waals surface area contributed by atoms with Crippen LogP contribution in [-0.2, 0) is 6.54 Å². The van der Waals surface area contributed by atoms with Crippen molar-refractivity contribution < 1.29 is 31.1 Å². The molecule has 0 saturated heterocycles. The zero-order valence-electron chi connectivity index (χ0n) is 16.7. The molecule has 0 atom stereocenters. The first-order chi connectivity index (χ1) is 13.9. The van der Waals surface area contributed by atoms with Gasteiger partial charge in [-0.15, -0.1) is 0 Å². The second-order valence-electron chi connectivity index (χ2n) is 6.33. The summed E-state index contributed by atoms with van der Waals surface area (Å²) < 4.78 is 1.90. The lowest BCUT2D eigenvalue weighted by Crippen LogP contribution is -3.00. The van der Waals surface area contributed by atoms with Crippen molar-refractivity contribution in [1.29, 1.82) is 10.5 Å². The van der Waals surface area contributed by atoms with Gasteiger partial charge in [-0.05, 0) is 43.3 Å². The fourth-order valence-electron chi connectivity index (χ4n) is 2.50. The molecular weight excluding hydrogens is 454 g/mol. The van der Waals surface area contributed by atoms with Crippen LogP contribution in [0.2, 0.25) is 0 Å². The van der Waals surface area contributed by atoms with E-state index in [1.807, 2.05) is 48.0 Å². The first-order valence-electron chi connectivity index (χ1n) is 8.94. The zero-order valence-corrected chi connectivity index (χ0v) is 18.3. The third-order valence-corrected chi connectivity index (χ3v) is 4.24. The summed E-state index contributed by atoms with van der Waals surface area (Å²) in [6, 6.07) is 23.1. The molecule has 0 fully saturated rings. The van der Waals surface area contributed by atoms with E-state index in [9.17, 15) is 9.59 Å². The molecule has 0 aliphatic carbocycles. The minimum atomic E-state index is 0. The number of rotatable bonds is 4. The second-order valence-corrected chi connectivity index (χ2v) is 6.33. The Hall–Kier alpha value is -3.61. The highest BCUT2D eigenvalue weighted by Gasteiger charge is 2.13. The van der Waals surface area contributed by atoms with Gasteiger partial charge in [-0.2, -0.15) is 15.1 Å². The molecule has 0 bridgehead atoms. The fraction of sp³-hybridized carbons (Fsp3) is 0.160. The number of halogens is 1. The summed E-state index contributed by atoms with van der Waals surface area (Å²) in [4.78, 5) is 22.8. The molecular formula is C25H24BrN3O2. The number of aromatic nitrogens is 1. The molecule has 3 aromatic rings. The van der Waals surface area contributed by atoms with Crippen LogP contribution in [0.4, 0.5) is 0 Å². The number of Topliss-reactive ketones (excluding diaryl/α,β-unsaturated/α-hetero) is 2. The number of ketones is 2. The van der Waals surface area contributed by atoms with E-state index in [1.165, 1.54) is 6.92 Å². The molecule has 0 unspecified atom stereocenters. The van der Waals surface area contributed by atoms with Crippen molar-refractivity contribution in [3.05, 3.63) is 101 Å². The fourth-order valence-corrected chi connectivity index (χ4v) is 2.50. The van der Waals surface area contributed by atoms with E-state index in [1.54, 1.807) is 48.5 Å². The Kier molecular flexibility index (Phi) is 12.0. The largest absolute Gasteiger partial charge is 1.00 e. The van der Waals surface area contributed by atoms with Gasteiger partial charge in [0, 0.05) is 30.2 Å². The van der Waals surface area contributed by atoms with E-state index in [2.05, 4.69) is 0 Å². The number of nitrogens with zero attached hydrogens (tertiary/aromatic N) is 3. The third-order valence-electron chi connectivity index (χ3n) is 4.24. The van der Waals surface area contributed by atoms with Crippen LogP contribution < -0.4 is 21.5 Å². The van der Waals surface area contributed by atoms with Crippen molar-refractivity contribution in [2.24, 2.45) is 0 Å². The SMILES string of the molecule is C.CC(=O)c1ccc(C#N)cc1.Cc1cccc[n+]1CC(=O)c1ccc(C#N)cc1.[Br-]. The van der Waals surface area contributed by atoms with Gasteiger partial charge in [0.2, 0.25) is 12.3 Å². The molecule has 6 heteroatoms. The van der Waals surface area contributed by atoms with E-state index in [-0.39, 0.29) is 36.0 Å². The number of pyridine rings is 1. The summed E-state index contributed by atoms with van der Waals surface area (Å²) in [5, 5.41) is 17.1. The Balaban J connectivity index is 0.000000603. The Morgan fingerprint density at radius 1 is 0.839 bits per heavy atom. The molecule has 0 aliphatic rings. The summed E-state index contributed by atoms with van der Waals surface area (Å²) >= 11 is 0. The van der Waals surface area contributed by atoms with Crippen molar-refractivity contribution in [1.82, 2.24) is 0 Å². The van der Waals surface area contributed by atoms with Gasteiger partial charge >= 0.3 is 0 Å². The highest BCUT2D eigenvalue weighted by Crippen LogP contribution is 2.05. The average Bonchev–Trinajstić information content (AvgIpc) is 2.76. The Bertz CT molecular complexity index is 1090. The molecule has 31 heavy (non-hydrogen) atoms. The summed E-state index contributed by atoms with van der Waals surface area (Å²) in [7, 11) is 0. The van der Waals surface area contributed by atoms with Gasteiger partial charge in [-0.25, -0.2) is 0 Å². The summed E-state index contributed by atoms with van der Waals surface area (Å²) in [5.74, 6) is 0.0632. The third kappa shape index (κ3) is 8.34. The van der Waals surface area contributed by atoms with Crippen LogP contribution in [0, 0.1) is 29.6 Å². The van der Waals surface area contributed by atoms with E-state index < -0.39 is 0 Å². The normalized spacial score (nSPS) is 8.77.